The summed E-state index contributed by atoms with van der Waals surface area (Å²) >= 11 is 8.00. The number of anilines is 3. The zero-order valence-corrected chi connectivity index (χ0v) is 34.3. The molecule has 16 heteroatoms. The topological polar surface area (TPSA) is 128 Å². The smallest absolute Gasteiger partial charge is 0.234 e. The van der Waals surface area contributed by atoms with Gasteiger partial charge in [0, 0.05) is 124 Å². The fourth-order valence-electron chi connectivity index (χ4n) is 8.55. The first-order valence-electron chi connectivity index (χ1n) is 20.5. The Balaban J connectivity index is 0.808. The minimum Gasteiger partial charge on any atom is -0.357 e. The lowest BCUT2D eigenvalue weighted by Gasteiger charge is -2.39. The number of piperazine rings is 1. The molecule has 1 unspecified atom stereocenters. The van der Waals surface area contributed by atoms with Crippen molar-refractivity contribution in [3.05, 3.63) is 95.9 Å². The van der Waals surface area contributed by atoms with Crippen LogP contribution in [0.15, 0.2) is 79.5 Å². The normalized spacial score (nSPS) is 19.7. The Morgan fingerprint density at radius 2 is 1.56 bits per heavy atom. The second kappa shape index (κ2) is 17.6. The van der Waals surface area contributed by atoms with Crippen LogP contribution in [0, 0.1) is 11.7 Å². The van der Waals surface area contributed by atoms with E-state index in [0.717, 1.165) is 113 Å². The van der Waals surface area contributed by atoms with Crippen LogP contribution < -0.4 is 19.8 Å². The van der Waals surface area contributed by atoms with E-state index >= 15 is 4.39 Å². The Labute approximate surface area is 352 Å². The van der Waals surface area contributed by atoms with E-state index in [1.807, 2.05) is 48.8 Å². The molecule has 4 saturated heterocycles. The molecule has 9 rings (SSSR count). The van der Waals surface area contributed by atoms with Gasteiger partial charge in [0.05, 0.1) is 23.5 Å². The first-order valence-corrected chi connectivity index (χ1v) is 21.7. The van der Waals surface area contributed by atoms with Gasteiger partial charge in [0.15, 0.2) is 5.82 Å². The molecule has 0 saturated carbocycles. The molecule has 2 N–H and O–H groups in total. The third-order valence-corrected chi connectivity index (χ3v) is 13.1. The predicted molar refractivity (Wildman–Crippen MR) is 230 cm³/mol. The highest BCUT2D eigenvalue weighted by atomic mass is 35.5. The first-order chi connectivity index (χ1) is 28.8. The number of carbonyl (C=O) groups excluding carboxylic acids is 2. The van der Waals surface area contributed by atoms with Gasteiger partial charge in [0.2, 0.25) is 11.8 Å². The molecule has 1 aromatic carbocycles. The van der Waals surface area contributed by atoms with E-state index < -0.39 is 0 Å². The number of imide groups is 1. The van der Waals surface area contributed by atoms with Gasteiger partial charge < -0.3 is 14.5 Å². The molecular weight excluding hydrogens is 789 g/mol. The average molecular weight is 836 g/mol. The van der Waals surface area contributed by atoms with E-state index in [1.54, 1.807) is 35.4 Å². The quantitative estimate of drug-likeness (QED) is 0.107. The Morgan fingerprint density at radius 3 is 2.25 bits per heavy atom. The van der Waals surface area contributed by atoms with Crippen molar-refractivity contribution in [2.45, 2.75) is 44.4 Å². The SMILES string of the molecule is O=C1CCC(c2ccc(N3CCC(CN4CCN(c5ccc(-n6cc(-c7cc(Cl)cc(NSN8CCCC8)c7F)c(-c7ccncc7)n6)cn5)CC4)CC3)nc2)C(=O)N1. The predicted octanol–water partition coefficient (Wildman–Crippen LogP) is 6.81. The Bertz CT molecular complexity index is 2260. The summed E-state index contributed by atoms with van der Waals surface area (Å²) in [7, 11) is 0. The van der Waals surface area contributed by atoms with Crippen LogP contribution in [-0.4, -0.2) is 105 Å². The van der Waals surface area contributed by atoms with Crippen molar-refractivity contribution in [3.63, 3.8) is 0 Å². The summed E-state index contributed by atoms with van der Waals surface area (Å²) < 4.78 is 23.4. The van der Waals surface area contributed by atoms with Crippen LogP contribution in [0.3, 0.4) is 0 Å². The van der Waals surface area contributed by atoms with Crippen molar-refractivity contribution in [1.29, 1.82) is 0 Å². The number of rotatable bonds is 11. The van der Waals surface area contributed by atoms with Crippen molar-refractivity contribution >= 4 is 52.9 Å². The van der Waals surface area contributed by atoms with Crippen LogP contribution in [0.2, 0.25) is 5.02 Å². The number of benzene rings is 1. The number of amides is 2. The number of hydrogen-bond donors (Lipinski definition) is 2. The molecule has 306 valence electrons. The molecule has 2 amide bonds. The highest BCUT2D eigenvalue weighted by molar-refractivity contribution is 7.98. The van der Waals surface area contributed by atoms with Crippen molar-refractivity contribution in [2.24, 2.45) is 5.92 Å². The van der Waals surface area contributed by atoms with Crippen LogP contribution in [0.1, 0.15) is 50.0 Å². The van der Waals surface area contributed by atoms with Crippen LogP contribution in [0.25, 0.3) is 28.1 Å². The van der Waals surface area contributed by atoms with Crippen molar-refractivity contribution < 1.29 is 14.0 Å². The fraction of sp³-hybridized carbons (Fsp3) is 0.395. The van der Waals surface area contributed by atoms with E-state index in [-0.39, 0.29) is 23.5 Å². The molecule has 0 aliphatic carbocycles. The van der Waals surface area contributed by atoms with E-state index in [2.05, 4.69) is 34.0 Å². The molecule has 5 aromatic rings. The monoisotopic (exact) mass is 835 g/mol. The van der Waals surface area contributed by atoms with Gasteiger partial charge in [-0.15, -0.1) is 0 Å². The van der Waals surface area contributed by atoms with Crippen LogP contribution in [0.5, 0.6) is 0 Å². The standard InChI is InChI=1S/C43H47ClFN11O2S/c44-32-23-35(41(45)37(24-32)51-59-55-15-1-2-16-55)36-28-56(50-42(36)30-9-13-46-14-10-30)33-4-7-39(48-26-33)54-21-19-52(20-22-54)27-29-11-17-53(18-12-29)38-6-3-31(25-47-38)34-5-8-40(57)49-43(34)58/h3-4,6-7,9-10,13-14,23-26,28-29,34,51H,1-2,5,8,11-12,15-22,27H2,(H,49,57,58). The van der Waals surface area contributed by atoms with Crippen molar-refractivity contribution in [3.8, 4) is 28.1 Å². The number of carbonyl (C=O) groups is 2. The zero-order chi connectivity index (χ0) is 40.3. The van der Waals surface area contributed by atoms with E-state index in [4.69, 9.17) is 26.7 Å². The number of nitrogens with zero attached hydrogens (tertiary/aromatic N) is 9. The zero-order valence-electron chi connectivity index (χ0n) is 32.8. The second-order valence-electron chi connectivity index (χ2n) is 15.8. The fourth-order valence-corrected chi connectivity index (χ4v) is 9.59. The summed E-state index contributed by atoms with van der Waals surface area (Å²) in [5, 5.41) is 7.82. The molecule has 0 bridgehead atoms. The Kier molecular flexibility index (Phi) is 11.8. The second-order valence-corrected chi connectivity index (χ2v) is 17.1. The number of piperidine rings is 2. The van der Waals surface area contributed by atoms with E-state index in [0.29, 0.717) is 46.3 Å². The molecule has 4 aliphatic heterocycles. The van der Waals surface area contributed by atoms with Gasteiger partial charge in [-0.05, 0) is 86.1 Å². The molecule has 59 heavy (non-hydrogen) atoms. The van der Waals surface area contributed by atoms with Gasteiger partial charge in [0.25, 0.3) is 0 Å². The van der Waals surface area contributed by atoms with Gasteiger partial charge >= 0.3 is 0 Å². The highest BCUT2D eigenvalue weighted by Gasteiger charge is 2.29. The summed E-state index contributed by atoms with van der Waals surface area (Å²) in [5.74, 6) is 1.37. The van der Waals surface area contributed by atoms with E-state index in [1.165, 1.54) is 12.1 Å². The number of pyridine rings is 3. The molecule has 0 spiro atoms. The Hall–Kier alpha value is -5.09. The molecular formula is C43H47ClFN11O2S. The summed E-state index contributed by atoms with van der Waals surface area (Å²) in [6, 6.07) is 15.1. The first kappa shape index (κ1) is 39.4. The highest BCUT2D eigenvalue weighted by Crippen LogP contribution is 2.39. The maximum Gasteiger partial charge on any atom is 0.234 e. The number of halogens is 2. The summed E-state index contributed by atoms with van der Waals surface area (Å²) in [6.45, 7) is 8.66. The van der Waals surface area contributed by atoms with Gasteiger partial charge in [0.1, 0.15) is 17.3 Å². The largest absolute Gasteiger partial charge is 0.357 e. The lowest BCUT2D eigenvalue weighted by molar-refractivity contribution is -0.134. The molecule has 4 aromatic heterocycles. The maximum absolute atomic E-state index is 16.3. The molecule has 4 aliphatic rings. The van der Waals surface area contributed by atoms with Crippen LogP contribution in [0.4, 0.5) is 21.7 Å². The summed E-state index contributed by atoms with van der Waals surface area (Å²) in [5.41, 5.74) is 4.39. The number of aromatic nitrogens is 5. The molecule has 4 fully saturated rings. The third kappa shape index (κ3) is 8.93. The van der Waals surface area contributed by atoms with E-state index in [9.17, 15) is 9.59 Å². The minimum absolute atomic E-state index is 0.202. The third-order valence-electron chi connectivity index (χ3n) is 11.9. The molecule has 1 atom stereocenters. The van der Waals surface area contributed by atoms with Gasteiger partial charge in [-0.1, -0.05) is 17.7 Å². The van der Waals surface area contributed by atoms with Crippen LogP contribution >= 0.6 is 23.7 Å². The van der Waals surface area contributed by atoms with Gasteiger partial charge in [-0.2, -0.15) is 5.10 Å². The average Bonchev–Trinajstić information content (AvgIpc) is 3.96. The Morgan fingerprint density at radius 1 is 0.831 bits per heavy atom. The van der Waals surface area contributed by atoms with Crippen molar-refractivity contribution in [1.82, 2.24) is 39.3 Å². The lowest BCUT2D eigenvalue weighted by Crippen LogP contribution is -2.49. The minimum atomic E-state index is -0.387. The summed E-state index contributed by atoms with van der Waals surface area (Å²) in [6.07, 6.45) is 14.3. The number of hydrogen-bond acceptors (Lipinski definition) is 12. The van der Waals surface area contributed by atoms with Crippen LogP contribution in [-0.2, 0) is 9.59 Å². The lowest BCUT2D eigenvalue weighted by atomic mass is 9.91. The van der Waals surface area contributed by atoms with Crippen molar-refractivity contribution in [2.75, 3.05) is 73.4 Å². The molecule has 0 radical (unpaired) electrons. The maximum atomic E-state index is 16.3. The molecule has 8 heterocycles. The summed E-state index contributed by atoms with van der Waals surface area (Å²) in [4.78, 5) is 44.8. The molecule has 13 nitrogen and oxygen atoms in total. The van der Waals surface area contributed by atoms with Gasteiger partial charge in [-0.3, -0.25) is 24.8 Å². The number of nitrogens with one attached hydrogen (secondary N) is 2. The van der Waals surface area contributed by atoms with Gasteiger partial charge in [-0.25, -0.2) is 23.3 Å².